The smallest absolute Gasteiger partial charge is 0.415 e. The van der Waals surface area contributed by atoms with Gasteiger partial charge in [0.2, 0.25) is 0 Å². The van der Waals surface area contributed by atoms with E-state index in [4.69, 9.17) is 9.47 Å². The summed E-state index contributed by atoms with van der Waals surface area (Å²) in [5, 5.41) is 0.997. The molecule has 0 aliphatic carbocycles. The van der Waals surface area contributed by atoms with Crippen LogP contribution >= 0.6 is 15.9 Å². The maximum Gasteiger partial charge on any atom is 0.415 e. The van der Waals surface area contributed by atoms with E-state index in [2.05, 4.69) is 30.5 Å². The largest absolute Gasteiger partial charge is 0.487 e. The fourth-order valence-corrected chi connectivity index (χ4v) is 4.59. The molecule has 0 fully saturated rings. The number of ether oxygens (including phenoxy) is 2. The van der Waals surface area contributed by atoms with Gasteiger partial charge >= 0.3 is 6.09 Å². The minimum Gasteiger partial charge on any atom is -0.487 e. The van der Waals surface area contributed by atoms with Gasteiger partial charge in [0.05, 0.1) is 30.2 Å². The highest BCUT2D eigenvalue weighted by Gasteiger charge is 2.28. The fraction of sp³-hybridized carbons (Fsp3) is 0.370. The van der Waals surface area contributed by atoms with E-state index in [-0.39, 0.29) is 18.1 Å². The lowest BCUT2D eigenvalue weighted by Crippen LogP contribution is -2.46. The van der Waals surface area contributed by atoms with Gasteiger partial charge in [0.1, 0.15) is 11.3 Å². The topological polar surface area (TPSA) is 69.5 Å². The number of imidazole rings is 1. The summed E-state index contributed by atoms with van der Waals surface area (Å²) in [6.07, 6.45) is 4.13. The van der Waals surface area contributed by atoms with E-state index in [1.807, 2.05) is 39.0 Å². The summed E-state index contributed by atoms with van der Waals surface area (Å²) >= 11 is 3.52. The number of carbonyl (C=O) groups is 1. The summed E-state index contributed by atoms with van der Waals surface area (Å²) in [7, 11) is 0. The van der Waals surface area contributed by atoms with Crippen LogP contribution < -0.4 is 9.47 Å². The van der Waals surface area contributed by atoms with E-state index in [0.717, 1.165) is 38.9 Å². The van der Waals surface area contributed by atoms with Crippen molar-refractivity contribution in [1.82, 2.24) is 19.4 Å². The van der Waals surface area contributed by atoms with Crippen molar-refractivity contribution in [3.05, 3.63) is 59.0 Å². The predicted molar refractivity (Wildman–Crippen MR) is 142 cm³/mol. The third-order valence-electron chi connectivity index (χ3n) is 5.96. The Hall–Kier alpha value is -3.27. The zero-order chi connectivity index (χ0) is 26.7. The monoisotopic (exact) mass is 574 g/mol. The molecule has 0 aliphatic rings. The molecule has 4 rings (SSSR count). The van der Waals surface area contributed by atoms with Gasteiger partial charge in [0.25, 0.3) is 0 Å². The summed E-state index contributed by atoms with van der Waals surface area (Å²) in [5.41, 5.74) is 2.15. The number of aryl methyl sites for hydroxylation is 1. The number of pyridine rings is 1. The van der Waals surface area contributed by atoms with Gasteiger partial charge in [0, 0.05) is 40.6 Å². The highest BCUT2D eigenvalue weighted by molar-refractivity contribution is 9.10. The predicted octanol–water partition coefficient (Wildman–Crippen LogP) is 7.10. The van der Waals surface area contributed by atoms with Crippen LogP contribution in [0.5, 0.6) is 11.5 Å². The second-order valence-electron chi connectivity index (χ2n) is 9.64. The number of halogens is 3. The SMILES string of the molecule is CCN(C(=O)Oc1cc(F)cc(F)c1OCCCCn1cnc2cnc3ccc(Br)cc3c21)C(C)(C)C. The number of benzene rings is 2. The first-order valence-electron chi connectivity index (χ1n) is 12.1. The second-order valence-corrected chi connectivity index (χ2v) is 10.6. The number of hydrogen-bond acceptors (Lipinski definition) is 5. The molecule has 1 amide bonds. The molecule has 2 aromatic carbocycles. The van der Waals surface area contributed by atoms with Gasteiger partial charge in [-0.3, -0.25) is 4.98 Å². The number of carbonyl (C=O) groups excluding carboxylic acids is 1. The van der Waals surface area contributed by atoms with Gasteiger partial charge in [-0.05, 0) is 58.7 Å². The summed E-state index contributed by atoms with van der Waals surface area (Å²) in [4.78, 5) is 23.1. The van der Waals surface area contributed by atoms with Crippen LogP contribution in [0.1, 0.15) is 40.5 Å². The lowest BCUT2D eigenvalue weighted by atomic mass is 10.1. The molecule has 0 spiro atoms. The van der Waals surface area contributed by atoms with Crippen LogP contribution in [0.3, 0.4) is 0 Å². The van der Waals surface area contributed by atoms with Crippen LogP contribution in [0.2, 0.25) is 0 Å². The van der Waals surface area contributed by atoms with Crippen LogP contribution in [0, 0.1) is 11.6 Å². The molecule has 7 nitrogen and oxygen atoms in total. The van der Waals surface area contributed by atoms with Crippen LogP contribution in [-0.2, 0) is 6.54 Å². The molecule has 4 aromatic rings. The van der Waals surface area contributed by atoms with Crippen molar-refractivity contribution in [3.63, 3.8) is 0 Å². The van der Waals surface area contributed by atoms with Crippen LogP contribution in [0.25, 0.3) is 21.9 Å². The lowest BCUT2D eigenvalue weighted by molar-refractivity contribution is 0.109. The standard InChI is InChI=1S/C27H29BrF2N4O3/c1-5-34(27(2,3)4)26(35)37-23-14-18(29)13-20(30)25(23)36-11-7-6-10-33-16-32-22-15-31-21-9-8-17(28)12-19(21)24(22)33/h8-9,12-16H,5-7,10-11H2,1-4H3. The van der Waals surface area contributed by atoms with E-state index in [9.17, 15) is 13.6 Å². The number of hydrogen-bond donors (Lipinski definition) is 0. The number of amides is 1. The summed E-state index contributed by atoms with van der Waals surface area (Å²) < 4.78 is 42.5. The molecular formula is C27H29BrF2N4O3. The molecule has 0 aliphatic heterocycles. The number of aromatic nitrogens is 3. The highest BCUT2D eigenvalue weighted by Crippen LogP contribution is 2.33. The number of fused-ring (bicyclic) bond motifs is 3. The van der Waals surface area contributed by atoms with Crippen molar-refractivity contribution in [2.45, 2.75) is 52.6 Å². The lowest BCUT2D eigenvalue weighted by Gasteiger charge is -2.33. The van der Waals surface area contributed by atoms with Crippen molar-refractivity contribution in [1.29, 1.82) is 0 Å². The average Bonchev–Trinajstić information content (AvgIpc) is 3.23. The van der Waals surface area contributed by atoms with Gasteiger partial charge in [0.15, 0.2) is 17.3 Å². The Balaban J connectivity index is 1.42. The van der Waals surface area contributed by atoms with Crippen LogP contribution in [0.15, 0.2) is 47.3 Å². The van der Waals surface area contributed by atoms with Gasteiger partial charge in [-0.2, -0.15) is 0 Å². The minimum atomic E-state index is -0.924. The first-order valence-corrected chi connectivity index (χ1v) is 12.9. The maximum atomic E-state index is 14.6. The van der Waals surface area contributed by atoms with Gasteiger partial charge in [-0.15, -0.1) is 0 Å². The second kappa shape index (κ2) is 11.0. The number of rotatable bonds is 8. The first kappa shape index (κ1) is 26.8. The van der Waals surface area contributed by atoms with Crippen molar-refractivity contribution < 1.29 is 23.0 Å². The highest BCUT2D eigenvalue weighted by atomic mass is 79.9. The Morgan fingerprint density at radius 1 is 1.11 bits per heavy atom. The molecule has 10 heteroatoms. The van der Waals surface area contributed by atoms with E-state index in [1.54, 1.807) is 19.4 Å². The molecule has 2 aromatic heterocycles. The quantitative estimate of drug-likeness (QED) is 0.210. The van der Waals surface area contributed by atoms with Crippen molar-refractivity contribution in [3.8, 4) is 11.5 Å². The third-order valence-corrected chi connectivity index (χ3v) is 6.46. The van der Waals surface area contributed by atoms with Crippen LogP contribution in [-0.4, -0.2) is 44.2 Å². The Bertz CT molecular complexity index is 1430. The Kier molecular flexibility index (Phi) is 7.96. The minimum absolute atomic E-state index is 0.157. The van der Waals surface area contributed by atoms with Gasteiger partial charge in [-0.25, -0.2) is 18.6 Å². The van der Waals surface area contributed by atoms with Gasteiger partial charge in [-0.1, -0.05) is 15.9 Å². The summed E-state index contributed by atoms with van der Waals surface area (Å²) in [6.45, 7) is 8.55. The van der Waals surface area contributed by atoms with E-state index >= 15 is 0 Å². The van der Waals surface area contributed by atoms with E-state index < -0.39 is 23.3 Å². The number of unbranched alkanes of at least 4 members (excludes halogenated alkanes) is 1. The molecule has 0 N–H and O–H groups in total. The van der Waals surface area contributed by atoms with E-state index in [0.29, 0.717) is 25.6 Å². The molecule has 2 heterocycles. The molecule has 196 valence electrons. The molecule has 0 bridgehead atoms. The third kappa shape index (κ3) is 6.01. The van der Waals surface area contributed by atoms with Gasteiger partial charge < -0.3 is 18.9 Å². The maximum absolute atomic E-state index is 14.6. The van der Waals surface area contributed by atoms with Crippen LogP contribution in [0.4, 0.5) is 13.6 Å². The van der Waals surface area contributed by atoms with Crippen molar-refractivity contribution >= 4 is 44.0 Å². The fourth-order valence-electron chi connectivity index (χ4n) is 4.23. The zero-order valence-electron chi connectivity index (χ0n) is 21.2. The Morgan fingerprint density at radius 3 is 2.62 bits per heavy atom. The zero-order valence-corrected chi connectivity index (χ0v) is 22.8. The van der Waals surface area contributed by atoms with Crippen molar-refractivity contribution in [2.24, 2.45) is 0 Å². The number of nitrogens with zero attached hydrogens (tertiary/aromatic N) is 4. The molecule has 0 saturated heterocycles. The summed E-state index contributed by atoms with van der Waals surface area (Å²) in [6, 6.07) is 7.59. The Morgan fingerprint density at radius 2 is 1.89 bits per heavy atom. The van der Waals surface area contributed by atoms with Crippen molar-refractivity contribution in [2.75, 3.05) is 13.2 Å². The summed E-state index contributed by atoms with van der Waals surface area (Å²) in [5.74, 6) is -2.34. The first-order chi connectivity index (χ1) is 17.6. The molecule has 0 unspecified atom stereocenters. The Labute approximate surface area is 222 Å². The average molecular weight is 575 g/mol. The normalized spacial score (nSPS) is 11.8. The molecule has 0 atom stereocenters. The molecule has 0 saturated carbocycles. The molecular weight excluding hydrogens is 546 g/mol. The van der Waals surface area contributed by atoms with E-state index in [1.165, 1.54) is 4.90 Å². The molecule has 0 radical (unpaired) electrons. The molecule has 37 heavy (non-hydrogen) atoms.